The van der Waals surface area contributed by atoms with Gasteiger partial charge in [0.1, 0.15) is 5.82 Å². The van der Waals surface area contributed by atoms with Crippen LogP contribution in [0.15, 0.2) is 102 Å². The number of fused-ring (bicyclic) bond motifs is 4. The molecule has 0 unspecified atom stereocenters. The zero-order chi connectivity index (χ0) is 29.1. The first-order valence-corrected chi connectivity index (χ1v) is 16.1. The van der Waals surface area contributed by atoms with Gasteiger partial charge in [-0.2, -0.15) is 0 Å². The van der Waals surface area contributed by atoms with E-state index in [1.807, 2.05) is 23.6 Å². The lowest BCUT2D eigenvalue weighted by atomic mass is 9.86. The van der Waals surface area contributed by atoms with Crippen LogP contribution in [0, 0.1) is 0 Å². The minimum Gasteiger partial charge on any atom is -0.433 e. The molecule has 0 bridgehead atoms. The van der Waals surface area contributed by atoms with Crippen LogP contribution in [0.2, 0.25) is 0 Å². The van der Waals surface area contributed by atoms with Crippen LogP contribution in [0.4, 0.5) is 10.6 Å². The summed E-state index contributed by atoms with van der Waals surface area (Å²) in [6.45, 7) is 5.49. The van der Waals surface area contributed by atoms with E-state index in [4.69, 9.17) is 9.72 Å². The molecule has 7 heteroatoms. The van der Waals surface area contributed by atoms with E-state index in [1.165, 1.54) is 5.39 Å². The number of rotatable bonds is 9. The molecule has 2 aromatic heterocycles. The molecule has 6 nitrogen and oxygen atoms in total. The van der Waals surface area contributed by atoms with Gasteiger partial charge in [0, 0.05) is 47.6 Å². The molecule has 3 heterocycles. The van der Waals surface area contributed by atoms with Gasteiger partial charge < -0.3 is 15.0 Å². The number of pyridine rings is 1. The molecule has 7 rings (SSSR count). The Labute approximate surface area is 256 Å². The van der Waals surface area contributed by atoms with Crippen molar-refractivity contribution < 1.29 is 9.53 Å². The topological polar surface area (TPSA) is 57.7 Å². The van der Waals surface area contributed by atoms with Crippen molar-refractivity contribution in [3.8, 4) is 11.1 Å². The van der Waals surface area contributed by atoms with E-state index < -0.39 is 5.60 Å². The molecule has 1 fully saturated rings. The van der Waals surface area contributed by atoms with E-state index >= 15 is 0 Å². The van der Waals surface area contributed by atoms with Gasteiger partial charge >= 0.3 is 6.09 Å². The molecule has 5 aromatic rings. The molecule has 0 radical (unpaired) electrons. The number of thiophene rings is 1. The summed E-state index contributed by atoms with van der Waals surface area (Å²) in [5.41, 5.74) is 4.73. The minimum absolute atomic E-state index is 0.377. The van der Waals surface area contributed by atoms with Crippen LogP contribution in [0.25, 0.3) is 22.0 Å². The average molecular weight is 589 g/mol. The molecule has 0 saturated carbocycles. The predicted molar refractivity (Wildman–Crippen MR) is 175 cm³/mol. The van der Waals surface area contributed by atoms with Gasteiger partial charge in [-0.3, -0.25) is 4.90 Å². The third kappa shape index (κ3) is 5.63. The van der Waals surface area contributed by atoms with Crippen LogP contribution in [-0.2, 0) is 16.9 Å². The second kappa shape index (κ2) is 12.2. The number of alkyl carbamates (subject to hydrolysis) is 1. The third-order valence-corrected chi connectivity index (χ3v) is 9.68. The van der Waals surface area contributed by atoms with Crippen molar-refractivity contribution in [3.63, 3.8) is 0 Å². The van der Waals surface area contributed by atoms with Gasteiger partial charge in [-0.05, 0) is 66.6 Å². The number of carbonyl (C=O) groups excluding carboxylic acids is 1. The van der Waals surface area contributed by atoms with E-state index in [0.29, 0.717) is 6.54 Å². The fourth-order valence-corrected chi connectivity index (χ4v) is 7.27. The molecule has 0 atom stereocenters. The standard InChI is InChI=1S/C36H36N4O2S/c41-35(37-26-28-11-9-25-43-28)42-36(31-14-4-2-12-29(31)30-13-3-5-15-32(30)36)19-7-8-20-39-21-23-40(24-22-39)34-18-17-27-10-1-6-16-33(27)38-34/h1-6,9-18,25H,7-8,19-24,26H2,(H,37,41). The van der Waals surface area contributed by atoms with Crippen LogP contribution in [0.5, 0.6) is 0 Å². The largest absolute Gasteiger partial charge is 0.433 e. The zero-order valence-electron chi connectivity index (χ0n) is 24.2. The first-order chi connectivity index (χ1) is 21.2. The summed E-state index contributed by atoms with van der Waals surface area (Å²) in [4.78, 5) is 24.2. The van der Waals surface area contributed by atoms with Crippen LogP contribution in [0.1, 0.15) is 35.3 Å². The number of piperazine rings is 1. The smallest absolute Gasteiger partial charge is 0.408 e. The van der Waals surface area contributed by atoms with E-state index in [-0.39, 0.29) is 6.09 Å². The van der Waals surface area contributed by atoms with E-state index in [1.54, 1.807) is 11.3 Å². The summed E-state index contributed by atoms with van der Waals surface area (Å²) < 4.78 is 6.46. The van der Waals surface area contributed by atoms with Gasteiger partial charge in [-0.1, -0.05) is 72.8 Å². The predicted octanol–water partition coefficient (Wildman–Crippen LogP) is 7.44. The Hall–Kier alpha value is -4.20. The van der Waals surface area contributed by atoms with Crippen molar-refractivity contribution in [2.45, 2.75) is 31.4 Å². The summed E-state index contributed by atoms with van der Waals surface area (Å²) in [6.07, 6.45) is 2.36. The fourth-order valence-electron chi connectivity index (χ4n) is 6.62. The lowest BCUT2D eigenvalue weighted by molar-refractivity contribution is 0.0325. The Morgan fingerprint density at radius 1 is 0.814 bits per heavy atom. The quantitative estimate of drug-likeness (QED) is 0.181. The molecule has 1 aliphatic carbocycles. The number of anilines is 1. The van der Waals surface area contributed by atoms with Gasteiger partial charge in [0.25, 0.3) is 0 Å². The highest BCUT2D eigenvalue weighted by atomic mass is 32.1. The Kier molecular flexibility index (Phi) is 7.83. The summed E-state index contributed by atoms with van der Waals surface area (Å²) in [6, 6.07) is 33.4. The molecule has 218 valence electrons. The number of unbranched alkanes of at least 4 members (excludes halogenated alkanes) is 1. The van der Waals surface area contributed by atoms with Crippen molar-refractivity contribution in [1.82, 2.24) is 15.2 Å². The first-order valence-electron chi connectivity index (χ1n) is 15.2. The molecule has 0 spiro atoms. The number of hydrogen-bond donors (Lipinski definition) is 1. The Balaban J connectivity index is 1.00. The summed E-state index contributed by atoms with van der Waals surface area (Å²) in [7, 11) is 0. The Morgan fingerprint density at radius 3 is 2.28 bits per heavy atom. The molecule has 2 aliphatic rings. The van der Waals surface area contributed by atoms with Crippen molar-refractivity contribution in [2.24, 2.45) is 0 Å². The number of nitrogens with one attached hydrogen (secondary N) is 1. The van der Waals surface area contributed by atoms with E-state index in [0.717, 1.165) is 90.5 Å². The van der Waals surface area contributed by atoms with Gasteiger partial charge in [-0.25, -0.2) is 9.78 Å². The SMILES string of the molecule is O=C(NCc1cccs1)OC1(CCCCN2CCN(c3ccc4ccccc4n3)CC2)c2ccccc2-c2ccccc21. The molecule has 1 N–H and O–H groups in total. The highest BCUT2D eigenvalue weighted by Gasteiger charge is 2.46. The maximum absolute atomic E-state index is 13.3. The Morgan fingerprint density at radius 2 is 1.53 bits per heavy atom. The van der Waals surface area contributed by atoms with Crippen molar-refractivity contribution >= 4 is 34.2 Å². The number of ether oxygens (including phenoxy) is 1. The molecular formula is C36H36N4O2S. The highest BCUT2D eigenvalue weighted by molar-refractivity contribution is 7.09. The average Bonchev–Trinajstić information content (AvgIpc) is 3.68. The second-order valence-electron chi connectivity index (χ2n) is 11.4. The van der Waals surface area contributed by atoms with Gasteiger partial charge in [0.15, 0.2) is 5.60 Å². The maximum atomic E-state index is 13.3. The fraction of sp³-hybridized carbons (Fsp3) is 0.278. The summed E-state index contributed by atoms with van der Waals surface area (Å²) >= 11 is 1.63. The zero-order valence-corrected chi connectivity index (χ0v) is 25.1. The van der Waals surface area contributed by atoms with E-state index in [2.05, 4.69) is 94.0 Å². The monoisotopic (exact) mass is 588 g/mol. The van der Waals surface area contributed by atoms with Gasteiger partial charge in [-0.15, -0.1) is 11.3 Å². The van der Waals surface area contributed by atoms with Gasteiger partial charge in [0.05, 0.1) is 12.1 Å². The molecule has 43 heavy (non-hydrogen) atoms. The normalized spacial score (nSPS) is 15.7. The Bertz CT molecular complexity index is 1670. The van der Waals surface area contributed by atoms with E-state index in [9.17, 15) is 4.79 Å². The lowest BCUT2D eigenvalue weighted by Gasteiger charge is -2.36. The number of amides is 1. The minimum atomic E-state index is -0.798. The number of para-hydroxylation sites is 1. The van der Waals surface area contributed by atoms with Crippen LogP contribution in [0.3, 0.4) is 0 Å². The van der Waals surface area contributed by atoms with Gasteiger partial charge in [0.2, 0.25) is 0 Å². The molecule has 1 saturated heterocycles. The maximum Gasteiger partial charge on any atom is 0.408 e. The highest BCUT2D eigenvalue weighted by Crippen LogP contribution is 2.52. The number of nitrogens with zero attached hydrogens (tertiary/aromatic N) is 3. The molecule has 1 amide bonds. The first kappa shape index (κ1) is 27.6. The third-order valence-electron chi connectivity index (χ3n) is 8.80. The van der Waals surface area contributed by atoms with Crippen LogP contribution in [-0.4, -0.2) is 48.7 Å². The van der Waals surface area contributed by atoms with Crippen molar-refractivity contribution in [3.05, 3.63) is 118 Å². The molecular weight excluding hydrogens is 552 g/mol. The van der Waals surface area contributed by atoms with Crippen molar-refractivity contribution in [1.29, 1.82) is 0 Å². The van der Waals surface area contributed by atoms with Crippen LogP contribution >= 0.6 is 11.3 Å². The summed E-state index contributed by atoms with van der Waals surface area (Å²) in [5.74, 6) is 1.06. The van der Waals surface area contributed by atoms with Crippen LogP contribution < -0.4 is 10.2 Å². The number of carbonyl (C=O) groups is 1. The summed E-state index contributed by atoms with van der Waals surface area (Å²) in [5, 5.41) is 6.20. The lowest BCUT2D eigenvalue weighted by Crippen LogP contribution is -2.47. The van der Waals surface area contributed by atoms with Crippen molar-refractivity contribution in [2.75, 3.05) is 37.6 Å². The number of hydrogen-bond acceptors (Lipinski definition) is 6. The number of benzene rings is 3. The molecule has 3 aromatic carbocycles. The second-order valence-corrected chi connectivity index (χ2v) is 12.4. The molecule has 1 aliphatic heterocycles. The number of aromatic nitrogens is 1.